The summed E-state index contributed by atoms with van der Waals surface area (Å²) in [6.45, 7) is 5.44. The normalized spacial score (nSPS) is 11.4. The lowest BCUT2D eigenvalue weighted by Gasteiger charge is -2.18. The van der Waals surface area contributed by atoms with Crippen LogP contribution in [-0.2, 0) is 13.6 Å². The lowest BCUT2D eigenvalue weighted by atomic mass is 10.0. The summed E-state index contributed by atoms with van der Waals surface area (Å²) in [5, 5.41) is 3.70. The molecule has 0 bridgehead atoms. The summed E-state index contributed by atoms with van der Waals surface area (Å²) >= 11 is 0. The van der Waals surface area contributed by atoms with Crippen LogP contribution in [0.15, 0.2) is 12.4 Å². The van der Waals surface area contributed by atoms with Gasteiger partial charge in [0.25, 0.3) is 0 Å². The lowest BCUT2D eigenvalue weighted by molar-refractivity contribution is 0.411. The molecule has 110 valence electrons. The van der Waals surface area contributed by atoms with Gasteiger partial charge in [-0.05, 0) is 12.8 Å². The fraction of sp³-hybridized carbons (Fsp3) is 0.812. The van der Waals surface area contributed by atoms with Gasteiger partial charge in [0.15, 0.2) is 0 Å². The van der Waals surface area contributed by atoms with E-state index in [2.05, 4.69) is 35.8 Å². The van der Waals surface area contributed by atoms with E-state index in [0.29, 0.717) is 6.04 Å². The Labute approximate surface area is 118 Å². The van der Waals surface area contributed by atoms with Gasteiger partial charge in [-0.3, -0.25) is 0 Å². The minimum Gasteiger partial charge on any atom is -0.337 e. The van der Waals surface area contributed by atoms with Gasteiger partial charge in [0.05, 0.1) is 6.54 Å². The molecule has 0 spiro atoms. The van der Waals surface area contributed by atoms with Crippen LogP contribution in [0.2, 0.25) is 0 Å². The molecule has 1 rings (SSSR count). The van der Waals surface area contributed by atoms with Gasteiger partial charge in [0.1, 0.15) is 5.82 Å². The summed E-state index contributed by atoms with van der Waals surface area (Å²) in [6.07, 6.45) is 14.5. The fourth-order valence-corrected chi connectivity index (χ4v) is 2.43. The molecule has 0 radical (unpaired) electrons. The Morgan fingerprint density at radius 3 is 2.21 bits per heavy atom. The highest BCUT2D eigenvalue weighted by molar-refractivity contribution is 4.90. The number of nitrogens with one attached hydrogen (secondary N) is 1. The van der Waals surface area contributed by atoms with Crippen molar-refractivity contribution in [2.45, 2.75) is 77.8 Å². The zero-order valence-corrected chi connectivity index (χ0v) is 13.0. The standard InChI is InChI=1S/C16H31N3/c1-4-6-8-10-15(11-9-7-5-2)18-14-16-17-12-13-19(16)3/h12-13,15,18H,4-11,14H2,1-3H3. The molecule has 0 aromatic carbocycles. The Balaban J connectivity index is 2.32. The second-order valence-electron chi connectivity index (χ2n) is 5.52. The van der Waals surface area contributed by atoms with Crippen LogP contribution in [0.1, 0.15) is 71.0 Å². The highest BCUT2D eigenvalue weighted by Gasteiger charge is 2.09. The maximum atomic E-state index is 4.38. The number of unbranched alkanes of at least 4 members (excludes halogenated alkanes) is 4. The maximum absolute atomic E-state index is 4.38. The quantitative estimate of drug-likeness (QED) is 0.612. The SMILES string of the molecule is CCCCCC(CCCCC)NCc1nccn1C. The van der Waals surface area contributed by atoms with E-state index in [-0.39, 0.29) is 0 Å². The summed E-state index contributed by atoms with van der Waals surface area (Å²) < 4.78 is 2.10. The van der Waals surface area contributed by atoms with Crippen molar-refractivity contribution in [2.75, 3.05) is 0 Å². The number of rotatable bonds is 11. The van der Waals surface area contributed by atoms with Gasteiger partial charge in [-0.1, -0.05) is 52.4 Å². The molecular formula is C16H31N3. The average molecular weight is 265 g/mol. The molecular weight excluding hydrogens is 234 g/mol. The van der Waals surface area contributed by atoms with Crippen LogP contribution in [-0.4, -0.2) is 15.6 Å². The Morgan fingerprint density at radius 1 is 1.11 bits per heavy atom. The number of nitrogens with zero attached hydrogens (tertiary/aromatic N) is 2. The Hall–Kier alpha value is -0.830. The van der Waals surface area contributed by atoms with Crippen LogP contribution < -0.4 is 5.32 Å². The van der Waals surface area contributed by atoms with Crippen LogP contribution in [0, 0.1) is 0 Å². The van der Waals surface area contributed by atoms with Gasteiger partial charge >= 0.3 is 0 Å². The molecule has 1 aromatic rings. The summed E-state index contributed by atoms with van der Waals surface area (Å²) in [6, 6.07) is 0.662. The van der Waals surface area contributed by atoms with Crippen LogP contribution in [0.3, 0.4) is 0 Å². The van der Waals surface area contributed by atoms with Crippen LogP contribution in [0.4, 0.5) is 0 Å². The zero-order valence-electron chi connectivity index (χ0n) is 13.0. The molecule has 1 N–H and O–H groups in total. The van der Waals surface area contributed by atoms with Crippen molar-refractivity contribution in [3.8, 4) is 0 Å². The molecule has 3 nitrogen and oxygen atoms in total. The summed E-state index contributed by atoms with van der Waals surface area (Å²) in [5.74, 6) is 1.14. The van der Waals surface area contributed by atoms with Crippen molar-refractivity contribution in [3.63, 3.8) is 0 Å². The third-order valence-electron chi connectivity index (χ3n) is 3.78. The first-order chi connectivity index (χ1) is 9.27. The number of hydrogen-bond acceptors (Lipinski definition) is 2. The first-order valence-corrected chi connectivity index (χ1v) is 7.97. The molecule has 0 fully saturated rings. The van der Waals surface area contributed by atoms with Crippen molar-refractivity contribution >= 4 is 0 Å². The molecule has 0 amide bonds. The molecule has 3 heteroatoms. The maximum Gasteiger partial charge on any atom is 0.122 e. The first kappa shape index (κ1) is 16.2. The largest absolute Gasteiger partial charge is 0.337 e. The predicted octanol–water partition coefficient (Wildman–Crippen LogP) is 4.04. The molecule has 1 heterocycles. The molecule has 0 atom stereocenters. The molecule has 0 aliphatic rings. The highest BCUT2D eigenvalue weighted by atomic mass is 15.1. The van der Waals surface area contributed by atoms with E-state index < -0.39 is 0 Å². The van der Waals surface area contributed by atoms with Gasteiger partial charge < -0.3 is 9.88 Å². The smallest absolute Gasteiger partial charge is 0.122 e. The van der Waals surface area contributed by atoms with E-state index in [1.165, 1.54) is 51.4 Å². The highest BCUT2D eigenvalue weighted by Crippen LogP contribution is 2.11. The average Bonchev–Trinajstić information content (AvgIpc) is 2.81. The van der Waals surface area contributed by atoms with Crippen molar-refractivity contribution in [1.82, 2.24) is 14.9 Å². The molecule has 19 heavy (non-hydrogen) atoms. The number of imidazole rings is 1. The Bertz CT molecular complexity index is 310. The first-order valence-electron chi connectivity index (χ1n) is 7.97. The predicted molar refractivity (Wildman–Crippen MR) is 82.1 cm³/mol. The van der Waals surface area contributed by atoms with E-state index >= 15 is 0 Å². The third-order valence-corrected chi connectivity index (χ3v) is 3.78. The van der Waals surface area contributed by atoms with Crippen LogP contribution in [0.25, 0.3) is 0 Å². The minimum absolute atomic E-state index is 0.662. The van der Waals surface area contributed by atoms with Gasteiger partial charge in [-0.25, -0.2) is 4.98 Å². The van der Waals surface area contributed by atoms with E-state index in [1.54, 1.807) is 0 Å². The number of hydrogen-bond donors (Lipinski definition) is 1. The summed E-state index contributed by atoms with van der Waals surface area (Å²) in [5.41, 5.74) is 0. The van der Waals surface area contributed by atoms with Gasteiger partial charge in [-0.2, -0.15) is 0 Å². The van der Waals surface area contributed by atoms with Crippen LogP contribution >= 0.6 is 0 Å². The minimum atomic E-state index is 0.662. The molecule has 1 aromatic heterocycles. The van der Waals surface area contributed by atoms with Crippen LogP contribution in [0.5, 0.6) is 0 Å². The third kappa shape index (κ3) is 6.76. The number of aryl methyl sites for hydroxylation is 1. The zero-order chi connectivity index (χ0) is 13.9. The molecule has 0 saturated carbocycles. The monoisotopic (exact) mass is 265 g/mol. The lowest BCUT2D eigenvalue weighted by Crippen LogP contribution is -2.29. The molecule has 0 aliphatic carbocycles. The topological polar surface area (TPSA) is 29.9 Å². The van der Waals surface area contributed by atoms with Gasteiger partial charge in [0, 0.05) is 25.5 Å². The van der Waals surface area contributed by atoms with E-state index in [1.807, 2.05) is 12.4 Å². The molecule has 0 aliphatic heterocycles. The second kappa shape index (κ2) is 10.0. The summed E-state index contributed by atoms with van der Waals surface area (Å²) in [7, 11) is 2.06. The van der Waals surface area contributed by atoms with Gasteiger partial charge in [0.2, 0.25) is 0 Å². The van der Waals surface area contributed by atoms with Crippen molar-refractivity contribution in [3.05, 3.63) is 18.2 Å². The second-order valence-corrected chi connectivity index (χ2v) is 5.52. The van der Waals surface area contributed by atoms with Gasteiger partial charge in [-0.15, -0.1) is 0 Å². The Kier molecular flexibility index (Phi) is 8.55. The Morgan fingerprint density at radius 2 is 1.74 bits per heavy atom. The van der Waals surface area contributed by atoms with E-state index in [9.17, 15) is 0 Å². The molecule has 0 saturated heterocycles. The van der Waals surface area contributed by atoms with E-state index in [4.69, 9.17) is 0 Å². The summed E-state index contributed by atoms with van der Waals surface area (Å²) in [4.78, 5) is 4.38. The van der Waals surface area contributed by atoms with E-state index in [0.717, 1.165) is 12.4 Å². The van der Waals surface area contributed by atoms with Crippen molar-refractivity contribution in [2.24, 2.45) is 7.05 Å². The number of aromatic nitrogens is 2. The molecule has 0 unspecified atom stereocenters. The van der Waals surface area contributed by atoms with Crippen molar-refractivity contribution in [1.29, 1.82) is 0 Å². The fourth-order valence-electron chi connectivity index (χ4n) is 2.43. The van der Waals surface area contributed by atoms with Crippen molar-refractivity contribution < 1.29 is 0 Å².